The Bertz CT molecular complexity index is 935. The molecule has 0 aliphatic carbocycles. The molecule has 2 heterocycles. The van der Waals surface area contributed by atoms with Crippen molar-refractivity contribution in [2.24, 2.45) is 4.99 Å². The van der Waals surface area contributed by atoms with E-state index >= 15 is 0 Å². The molecule has 0 saturated carbocycles. The Morgan fingerprint density at radius 2 is 1.96 bits per heavy atom. The second kappa shape index (κ2) is 7.07. The van der Waals surface area contributed by atoms with Crippen molar-refractivity contribution in [2.75, 3.05) is 13.1 Å². The zero-order valence-electron chi connectivity index (χ0n) is 13.6. The molecule has 0 bridgehead atoms. The van der Waals surface area contributed by atoms with Crippen LogP contribution in [0.15, 0.2) is 72.0 Å². The first-order chi connectivity index (χ1) is 12.3. The van der Waals surface area contributed by atoms with Crippen molar-refractivity contribution in [2.45, 2.75) is 5.75 Å². The molecule has 0 N–H and O–H groups in total. The summed E-state index contributed by atoms with van der Waals surface area (Å²) >= 11 is 1.59. The highest BCUT2D eigenvalue weighted by molar-refractivity contribution is 8.13. The van der Waals surface area contributed by atoms with Crippen LogP contribution >= 0.6 is 11.8 Å². The molecular formula is C20H17N3OS. The van der Waals surface area contributed by atoms with Gasteiger partial charge in [0.05, 0.1) is 6.54 Å². The predicted octanol–water partition coefficient (Wildman–Crippen LogP) is 3.98. The largest absolute Gasteiger partial charge is 0.286 e. The Morgan fingerprint density at radius 1 is 1.08 bits per heavy atom. The zero-order valence-corrected chi connectivity index (χ0v) is 14.4. The van der Waals surface area contributed by atoms with E-state index in [1.54, 1.807) is 22.9 Å². The number of aliphatic imine (C=N–C) groups is 1. The number of amides is 1. The summed E-state index contributed by atoms with van der Waals surface area (Å²) in [6.07, 6.45) is 3.61. The van der Waals surface area contributed by atoms with Crippen LogP contribution in [0.1, 0.15) is 15.9 Å². The zero-order chi connectivity index (χ0) is 17.1. The van der Waals surface area contributed by atoms with Crippen LogP contribution in [0.25, 0.3) is 10.8 Å². The van der Waals surface area contributed by atoms with Crippen LogP contribution < -0.4 is 0 Å². The molecule has 5 heteroatoms. The van der Waals surface area contributed by atoms with Gasteiger partial charge in [0.25, 0.3) is 5.91 Å². The molecule has 0 atom stereocenters. The average Bonchev–Trinajstić information content (AvgIpc) is 3.15. The fourth-order valence-corrected chi connectivity index (χ4v) is 3.91. The lowest BCUT2D eigenvalue weighted by atomic mass is 10.0. The number of amidine groups is 1. The summed E-state index contributed by atoms with van der Waals surface area (Å²) in [6, 6.07) is 17.8. The molecule has 1 aromatic heterocycles. The van der Waals surface area contributed by atoms with Crippen LogP contribution in [0.3, 0.4) is 0 Å². The summed E-state index contributed by atoms with van der Waals surface area (Å²) in [7, 11) is 0. The number of hydrogen-bond acceptors (Lipinski definition) is 4. The minimum atomic E-state index is 0.0201. The summed E-state index contributed by atoms with van der Waals surface area (Å²) in [6.45, 7) is 1.29. The number of pyridine rings is 1. The summed E-state index contributed by atoms with van der Waals surface area (Å²) in [5.41, 5.74) is 1.86. The van der Waals surface area contributed by atoms with Crippen LogP contribution in [-0.2, 0) is 5.75 Å². The number of carbonyl (C=O) groups is 1. The Labute approximate surface area is 150 Å². The minimum Gasteiger partial charge on any atom is -0.286 e. The molecule has 0 unspecified atom stereocenters. The molecule has 2 aromatic carbocycles. The van der Waals surface area contributed by atoms with Gasteiger partial charge in [-0.05, 0) is 28.5 Å². The maximum Gasteiger partial charge on any atom is 0.260 e. The van der Waals surface area contributed by atoms with Gasteiger partial charge in [-0.15, -0.1) is 0 Å². The van der Waals surface area contributed by atoms with E-state index in [9.17, 15) is 4.79 Å². The van der Waals surface area contributed by atoms with Crippen LogP contribution in [0.5, 0.6) is 0 Å². The van der Waals surface area contributed by atoms with Crippen LogP contribution in [0.2, 0.25) is 0 Å². The quantitative estimate of drug-likeness (QED) is 0.720. The number of rotatable bonds is 3. The Hall–Kier alpha value is -2.66. The molecule has 0 spiro atoms. The lowest BCUT2D eigenvalue weighted by Gasteiger charge is -2.19. The molecular weight excluding hydrogens is 330 g/mol. The second-order valence-electron chi connectivity index (χ2n) is 5.80. The first-order valence-corrected chi connectivity index (χ1v) is 9.17. The van der Waals surface area contributed by atoms with Crippen LogP contribution in [0.4, 0.5) is 0 Å². The first kappa shape index (κ1) is 15.8. The highest BCUT2D eigenvalue weighted by atomic mass is 32.2. The topological polar surface area (TPSA) is 45.6 Å². The molecule has 25 heavy (non-hydrogen) atoms. The van der Waals surface area contributed by atoms with E-state index in [-0.39, 0.29) is 5.91 Å². The van der Waals surface area contributed by atoms with Gasteiger partial charge in [0.2, 0.25) is 0 Å². The van der Waals surface area contributed by atoms with E-state index < -0.39 is 0 Å². The molecule has 1 aliphatic heterocycles. The molecule has 0 fully saturated rings. The number of thioether (sulfide) groups is 1. The lowest BCUT2D eigenvalue weighted by Crippen LogP contribution is -2.33. The van der Waals surface area contributed by atoms with Crippen molar-refractivity contribution in [1.82, 2.24) is 9.88 Å². The van der Waals surface area contributed by atoms with Crippen LogP contribution in [0, 0.1) is 0 Å². The van der Waals surface area contributed by atoms with Gasteiger partial charge in [-0.1, -0.05) is 54.2 Å². The molecule has 1 amide bonds. The van der Waals surface area contributed by atoms with Gasteiger partial charge in [-0.2, -0.15) is 0 Å². The van der Waals surface area contributed by atoms with Crippen molar-refractivity contribution >= 4 is 33.6 Å². The van der Waals surface area contributed by atoms with E-state index in [0.29, 0.717) is 13.1 Å². The van der Waals surface area contributed by atoms with Gasteiger partial charge in [-0.25, -0.2) is 0 Å². The maximum atomic E-state index is 13.1. The Balaban J connectivity index is 1.56. The highest BCUT2D eigenvalue weighted by Gasteiger charge is 2.26. The molecule has 3 aromatic rings. The summed E-state index contributed by atoms with van der Waals surface area (Å²) < 4.78 is 0. The van der Waals surface area contributed by atoms with Crippen LogP contribution in [-0.4, -0.2) is 34.0 Å². The highest BCUT2D eigenvalue weighted by Crippen LogP contribution is 2.24. The summed E-state index contributed by atoms with van der Waals surface area (Å²) in [4.78, 5) is 23.6. The third-order valence-corrected chi connectivity index (χ3v) is 5.24. The van der Waals surface area contributed by atoms with Gasteiger partial charge in [0.1, 0.15) is 0 Å². The first-order valence-electron chi connectivity index (χ1n) is 8.19. The van der Waals surface area contributed by atoms with E-state index in [2.05, 4.69) is 9.98 Å². The van der Waals surface area contributed by atoms with Gasteiger partial charge in [-0.3, -0.25) is 19.7 Å². The lowest BCUT2D eigenvalue weighted by molar-refractivity contribution is 0.0862. The third-order valence-electron chi connectivity index (χ3n) is 4.16. The van der Waals surface area contributed by atoms with Gasteiger partial charge in [0, 0.05) is 30.3 Å². The number of fused-ring (bicyclic) bond motifs is 1. The fraction of sp³-hybridized carbons (Fsp3) is 0.150. The molecule has 1 aliphatic rings. The number of carbonyl (C=O) groups excluding carboxylic acids is 1. The van der Waals surface area contributed by atoms with Crippen molar-refractivity contribution in [3.05, 3.63) is 78.1 Å². The minimum absolute atomic E-state index is 0.0201. The van der Waals surface area contributed by atoms with Gasteiger partial charge >= 0.3 is 0 Å². The maximum absolute atomic E-state index is 13.1. The Kier molecular flexibility index (Phi) is 4.48. The standard InChI is InChI=1S/C20H17N3OS/c24-19(18-9-3-7-16-6-1-2-8-17(16)18)23-12-11-22-20(23)25-14-15-5-4-10-21-13-15/h1-10,13H,11-12,14H2. The van der Waals surface area contributed by atoms with Gasteiger partial charge in [0.15, 0.2) is 5.17 Å². The second-order valence-corrected chi connectivity index (χ2v) is 6.74. The van der Waals surface area contributed by atoms with Crippen molar-refractivity contribution in [3.8, 4) is 0 Å². The molecule has 0 radical (unpaired) electrons. The van der Waals surface area contributed by atoms with Crippen molar-refractivity contribution in [3.63, 3.8) is 0 Å². The number of nitrogens with zero attached hydrogens (tertiary/aromatic N) is 3. The monoisotopic (exact) mass is 347 g/mol. The van der Waals surface area contributed by atoms with Crippen molar-refractivity contribution in [1.29, 1.82) is 0 Å². The number of aromatic nitrogens is 1. The molecule has 4 rings (SSSR count). The molecule has 0 saturated heterocycles. The fourth-order valence-electron chi connectivity index (χ4n) is 2.93. The normalized spacial score (nSPS) is 13.9. The van der Waals surface area contributed by atoms with Crippen molar-refractivity contribution < 1.29 is 4.79 Å². The van der Waals surface area contributed by atoms with Gasteiger partial charge < -0.3 is 0 Å². The number of hydrogen-bond donors (Lipinski definition) is 0. The van der Waals surface area contributed by atoms with E-state index in [4.69, 9.17) is 0 Å². The Morgan fingerprint density at radius 3 is 2.84 bits per heavy atom. The van der Waals surface area contributed by atoms with E-state index in [1.807, 2.05) is 60.8 Å². The summed E-state index contributed by atoms with van der Waals surface area (Å²) in [5.74, 6) is 0.776. The SMILES string of the molecule is O=C(c1cccc2ccccc12)N1CCN=C1SCc1cccnc1. The van der Waals surface area contributed by atoms with E-state index in [0.717, 1.165) is 32.8 Å². The van der Waals surface area contributed by atoms with E-state index in [1.165, 1.54) is 0 Å². The molecule has 4 nitrogen and oxygen atoms in total. The number of benzene rings is 2. The molecule has 124 valence electrons. The third kappa shape index (κ3) is 3.28. The predicted molar refractivity (Wildman–Crippen MR) is 103 cm³/mol. The smallest absolute Gasteiger partial charge is 0.260 e. The summed E-state index contributed by atoms with van der Waals surface area (Å²) in [5, 5.41) is 2.86. The average molecular weight is 347 g/mol.